The Morgan fingerprint density at radius 1 is 0.880 bits per heavy atom. The lowest BCUT2D eigenvalue weighted by atomic mass is 10.2. The second-order valence-corrected chi connectivity index (χ2v) is 4.99. The molecule has 5 nitrogen and oxygen atoms in total. The van der Waals surface area contributed by atoms with E-state index in [9.17, 15) is 18.0 Å². The van der Waals surface area contributed by atoms with Crippen LogP contribution in [0.1, 0.15) is 10.4 Å². The molecular weight excluding hydrogens is 333 g/mol. The second-order valence-electron chi connectivity index (χ2n) is 4.99. The number of rotatable bonds is 4. The molecule has 8 heteroatoms. The molecule has 2 N–H and O–H groups in total. The van der Waals surface area contributed by atoms with Crippen LogP contribution >= 0.6 is 0 Å². The van der Waals surface area contributed by atoms with Crippen molar-refractivity contribution in [1.82, 2.24) is 9.97 Å². The van der Waals surface area contributed by atoms with Crippen molar-refractivity contribution in [3.05, 3.63) is 77.9 Å². The highest BCUT2D eigenvalue weighted by Crippen LogP contribution is 2.19. The Hall–Kier alpha value is -3.42. The first-order valence-electron chi connectivity index (χ1n) is 7.13. The number of aromatic nitrogens is 2. The Labute approximate surface area is 140 Å². The van der Waals surface area contributed by atoms with E-state index in [0.717, 1.165) is 0 Å². The van der Waals surface area contributed by atoms with Gasteiger partial charge in [-0.05, 0) is 24.3 Å². The maximum atomic E-state index is 13.2. The molecule has 1 amide bonds. The van der Waals surface area contributed by atoms with Gasteiger partial charge in [0.15, 0.2) is 17.5 Å². The third-order valence-corrected chi connectivity index (χ3v) is 3.19. The summed E-state index contributed by atoms with van der Waals surface area (Å²) in [6.45, 7) is 0. The van der Waals surface area contributed by atoms with Crippen molar-refractivity contribution < 1.29 is 18.0 Å². The van der Waals surface area contributed by atoms with Gasteiger partial charge >= 0.3 is 0 Å². The predicted octanol–water partition coefficient (Wildman–Crippen LogP) is 3.89. The van der Waals surface area contributed by atoms with Crippen LogP contribution in [-0.4, -0.2) is 15.9 Å². The topological polar surface area (TPSA) is 66.9 Å². The van der Waals surface area contributed by atoms with Gasteiger partial charge in [-0.1, -0.05) is 6.07 Å². The molecule has 3 aromatic rings. The van der Waals surface area contributed by atoms with E-state index in [1.54, 1.807) is 30.6 Å². The van der Waals surface area contributed by atoms with Crippen LogP contribution in [-0.2, 0) is 0 Å². The SMILES string of the molecule is O=C(Nc1cc(F)c(F)c(F)c1)c1cccc(Nc2ncccn2)c1. The number of hydrogen-bond acceptors (Lipinski definition) is 4. The van der Waals surface area contributed by atoms with Crippen molar-refractivity contribution in [3.8, 4) is 0 Å². The van der Waals surface area contributed by atoms with Crippen molar-refractivity contribution in [3.63, 3.8) is 0 Å². The third kappa shape index (κ3) is 3.92. The van der Waals surface area contributed by atoms with Gasteiger partial charge in [-0.3, -0.25) is 4.79 Å². The monoisotopic (exact) mass is 344 g/mol. The third-order valence-electron chi connectivity index (χ3n) is 3.19. The van der Waals surface area contributed by atoms with Crippen LogP contribution in [0.15, 0.2) is 54.9 Å². The number of hydrogen-bond donors (Lipinski definition) is 2. The van der Waals surface area contributed by atoms with Crippen LogP contribution in [0.4, 0.5) is 30.5 Å². The fraction of sp³-hybridized carbons (Fsp3) is 0. The molecule has 0 aliphatic carbocycles. The highest BCUT2D eigenvalue weighted by atomic mass is 19.2. The minimum absolute atomic E-state index is 0.189. The molecule has 0 spiro atoms. The van der Waals surface area contributed by atoms with E-state index in [2.05, 4.69) is 20.6 Å². The van der Waals surface area contributed by atoms with Crippen molar-refractivity contribution in [2.45, 2.75) is 0 Å². The maximum Gasteiger partial charge on any atom is 0.255 e. The quantitative estimate of drug-likeness (QED) is 0.705. The molecule has 126 valence electrons. The molecule has 0 atom stereocenters. The first kappa shape index (κ1) is 16.4. The molecule has 0 saturated heterocycles. The lowest BCUT2D eigenvalue weighted by Gasteiger charge is -2.09. The van der Waals surface area contributed by atoms with E-state index >= 15 is 0 Å². The molecule has 3 rings (SSSR count). The van der Waals surface area contributed by atoms with Crippen molar-refractivity contribution >= 4 is 23.2 Å². The summed E-state index contributed by atoms with van der Waals surface area (Å²) in [7, 11) is 0. The average Bonchev–Trinajstić information content (AvgIpc) is 2.61. The normalized spacial score (nSPS) is 10.4. The maximum absolute atomic E-state index is 13.2. The van der Waals surface area contributed by atoms with Crippen LogP contribution in [0.25, 0.3) is 0 Å². The zero-order valence-corrected chi connectivity index (χ0v) is 12.6. The van der Waals surface area contributed by atoms with E-state index in [4.69, 9.17) is 0 Å². The molecule has 1 aromatic heterocycles. The molecule has 0 radical (unpaired) electrons. The number of anilines is 3. The Balaban J connectivity index is 1.77. The van der Waals surface area contributed by atoms with E-state index in [0.29, 0.717) is 23.8 Å². The van der Waals surface area contributed by atoms with E-state index in [-0.39, 0.29) is 11.3 Å². The van der Waals surface area contributed by atoms with Crippen LogP contribution < -0.4 is 10.6 Å². The molecule has 1 heterocycles. The van der Waals surface area contributed by atoms with E-state index in [1.165, 1.54) is 12.1 Å². The van der Waals surface area contributed by atoms with Crippen molar-refractivity contribution in [2.24, 2.45) is 0 Å². The smallest absolute Gasteiger partial charge is 0.255 e. The lowest BCUT2D eigenvalue weighted by Crippen LogP contribution is -2.13. The number of carbonyl (C=O) groups is 1. The van der Waals surface area contributed by atoms with Crippen LogP contribution in [0.5, 0.6) is 0 Å². The Morgan fingerprint density at radius 3 is 2.24 bits per heavy atom. The summed E-state index contributed by atoms with van der Waals surface area (Å²) in [5.41, 5.74) is 0.590. The van der Waals surface area contributed by atoms with Crippen LogP contribution in [0.2, 0.25) is 0 Å². The second kappa shape index (κ2) is 7.00. The molecule has 0 unspecified atom stereocenters. The number of nitrogens with one attached hydrogen (secondary N) is 2. The van der Waals surface area contributed by atoms with Gasteiger partial charge in [0, 0.05) is 41.5 Å². The lowest BCUT2D eigenvalue weighted by molar-refractivity contribution is 0.102. The number of halogens is 3. The Kier molecular flexibility index (Phi) is 4.60. The van der Waals surface area contributed by atoms with Gasteiger partial charge in [0.05, 0.1) is 0 Å². The van der Waals surface area contributed by atoms with Gasteiger partial charge in [0.25, 0.3) is 5.91 Å². The fourth-order valence-electron chi connectivity index (χ4n) is 2.06. The largest absolute Gasteiger partial charge is 0.324 e. The minimum Gasteiger partial charge on any atom is -0.324 e. The zero-order valence-electron chi connectivity index (χ0n) is 12.6. The first-order chi connectivity index (χ1) is 12.0. The summed E-state index contributed by atoms with van der Waals surface area (Å²) in [6.07, 6.45) is 3.12. The van der Waals surface area contributed by atoms with Gasteiger partial charge in [0.1, 0.15) is 0 Å². The van der Waals surface area contributed by atoms with Gasteiger partial charge in [-0.2, -0.15) is 0 Å². The highest BCUT2D eigenvalue weighted by Gasteiger charge is 2.13. The first-order valence-corrected chi connectivity index (χ1v) is 7.13. The van der Waals surface area contributed by atoms with Gasteiger partial charge < -0.3 is 10.6 Å². The molecule has 2 aromatic carbocycles. The van der Waals surface area contributed by atoms with Gasteiger partial charge in [-0.15, -0.1) is 0 Å². The molecule has 0 saturated carbocycles. The standard InChI is InChI=1S/C17H11F3N4O/c18-13-8-12(9-14(19)15(13)20)23-16(25)10-3-1-4-11(7-10)24-17-21-5-2-6-22-17/h1-9H,(H,23,25)(H,21,22,24). The minimum atomic E-state index is -1.59. The van der Waals surface area contributed by atoms with Crippen LogP contribution in [0.3, 0.4) is 0 Å². The number of nitrogens with zero attached hydrogens (tertiary/aromatic N) is 2. The Bertz CT molecular complexity index is 896. The van der Waals surface area contributed by atoms with Crippen molar-refractivity contribution in [2.75, 3.05) is 10.6 Å². The fourth-order valence-corrected chi connectivity index (χ4v) is 2.06. The molecule has 25 heavy (non-hydrogen) atoms. The highest BCUT2D eigenvalue weighted by molar-refractivity contribution is 6.04. The number of amides is 1. The summed E-state index contributed by atoms with van der Waals surface area (Å²) in [4.78, 5) is 20.2. The van der Waals surface area contributed by atoms with Gasteiger partial charge in [0.2, 0.25) is 5.95 Å². The molecule has 0 aliphatic heterocycles. The van der Waals surface area contributed by atoms with Crippen molar-refractivity contribution in [1.29, 1.82) is 0 Å². The molecule has 0 bridgehead atoms. The average molecular weight is 344 g/mol. The number of benzene rings is 2. The van der Waals surface area contributed by atoms with E-state index < -0.39 is 23.4 Å². The van der Waals surface area contributed by atoms with Crippen LogP contribution in [0, 0.1) is 17.5 Å². The Morgan fingerprint density at radius 2 is 1.56 bits per heavy atom. The van der Waals surface area contributed by atoms with Gasteiger partial charge in [-0.25, -0.2) is 23.1 Å². The zero-order chi connectivity index (χ0) is 17.8. The molecule has 0 aliphatic rings. The van der Waals surface area contributed by atoms with E-state index in [1.807, 2.05) is 0 Å². The summed E-state index contributed by atoms with van der Waals surface area (Å²) in [5, 5.41) is 5.23. The number of carbonyl (C=O) groups excluding carboxylic acids is 1. The summed E-state index contributed by atoms with van der Waals surface area (Å²) in [5.74, 6) is -4.61. The molecule has 0 fully saturated rings. The summed E-state index contributed by atoms with van der Waals surface area (Å²) < 4.78 is 39.4. The molecular formula is C17H11F3N4O. The summed E-state index contributed by atoms with van der Waals surface area (Å²) >= 11 is 0. The summed E-state index contributed by atoms with van der Waals surface area (Å²) in [6, 6.07) is 9.42. The predicted molar refractivity (Wildman–Crippen MR) is 86.0 cm³/mol.